The van der Waals surface area contributed by atoms with Crippen LogP contribution in [0.25, 0.3) is 0 Å². The Morgan fingerprint density at radius 1 is 1.25 bits per heavy atom. The summed E-state index contributed by atoms with van der Waals surface area (Å²) < 4.78 is 5.44. The zero-order chi connectivity index (χ0) is 14.5. The summed E-state index contributed by atoms with van der Waals surface area (Å²) in [5.74, 6) is -1.44. The minimum Gasteiger partial charge on any atom is -0.480 e. The summed E-state index contributed by atoms with van der Waals surface area (Å²) in [5, 5.41) is 8.94. The number of amides is 1. The fourth-order valence-corrected chi connectivity index (χ4v) is 2.11. The normalized spacial score (nSPS) is 10.2. The molecule has 1 N–H and O–H groups in total. The third-order valence-electron chi connectivity index (χ3n) is 2.64. The zero-order valence-corrected chi connectivity index (χ0v) is 12.0. The highest BCUT2D eigenvalue weighted by Crippen LogP contribution is 2.17. The van der Waals surface area contributed by atoms with Crippen LogP contribution in [0, 0.1) is 0 Å². The summed E-state index contributed by atoms with van der Waals surface area (Å²) >= 11 is 3.11. The monoisotopic (exact) mass is 337 g/mol. The number of carboxylic acid groups (broad SMARTS) is 1. The largest absolute Gasteiger partial charge is 0.480 e. The SMILES string of the molecule is O=C(O)CN(Cc1ccccc1)C(=O)c1coc(Br)c1. The molecular formula is C14H12BrNO4. The molecule has 0 aliphatic rings. The van der Waals surface area contributed by atoms with Crippen molar-refractivity contribution in [2.75, 3.05) is 6.54 Å². The van der Waals surface area contributed by atoms with Gasteiger partial charge in [0.1, 0.15) is 12.8 Å². The Kier molecular flexibility index (Phi) is 4.57. The van der Waals surface area contributed by atoms with Gasteiger partial charge in [-0.3, -0.25) is 9.59 Å². The quantitative estimate of drug-likeness (QED) is 0.910. The molecule has 0 aliphatic heterocycles. The van der Waals surface area contributed by atoms with Gasteiger partial charge in [-0.05, 0) is 21.5 Å². The first kappa shape index (κ1) is 14.3. The molecule has 0 saturated carbocycles. The van der Waals surface area contributed by atoms with Crippen molar-refractivity contribution in [2.45, 2.75) is 6.54 Å². The number of furan rings is 1. The first-order chi connectivity index (χ1) is 9.56. The Bertz CT molecular complexity index is 609. The minimum absolute atomic E-state index is 0.231. The molecule has 0 spiro atoms. The average molecular weight is 338 g/mol. The molecule has 0 unspecified atom stereocenters. The highest BCUT2D eigenvalue weighted by molar-refractivity contribution is 9.10. The number of aliphatic carboxylic acids is 1. The van der Waals surface area contributed by atoms with Gasteiger partial charge in [0.15, 0.2) is 4.67 Å². The van der Waals surface area contributed by atoms with Gasteiger partial charge in [-0.15, -0.1) is 0 Å². The molecule has 0 fully saturated rings. The van der Waals surface area contributed by atoms with E-state index in [2.05, 4.69) is 15.9 Å². The van der Waals surface area contributed by atoms with Gasteiger partial charge < -0.3 is 14.4 Å². The van der Waals surface area contributed by atoms with E-state index in [0.29, 0.717) is 10.2 Å². The maximum atomic E-state index is 12.3. The zero-order valence-electron chi connectivity index (χ0n) is 10.5. The molecule has 0 saturated heterocycles. The molecule has 0 bridgehead atoms. The van der Waals surface area contributed by atoms with E-state index in [9.17, 15) is 9.59 Å². The van der Waals surface area contributed by atoms with Crippen molar-refractivity contribution in [2.24, 2.45) is 0 Å². The van der Waals surface area contributed by atoms with E-state index >= 15 is 0 Å². The summed E-state index contributed by atoms with van der Waals surface area (Å²) in [6, 6.07) is 10.7. The Balaban J connectivity index is 2.19. The molecule has 20 heavy (non-hydrogen) atoms. The van der Waals surface area contributed by atoms with Gasteiger partial charge in [-0.25, -0.2) is 0 Å². The second kappa shape index (κ2) is 6.38. The Hall–Kier alpha value is -2.08. The van der Waals surface area contributed by atoms with Gasteiger partial charge in [0.25, 0.3) is 5.91 Å². The lowest BCUT2D eigenvalue weighted by atomic mass is 10.2. The number of halogens is 1. The molecule has 1 aromatic carbocycles. The van der Waals surface area contributed by atoms with Gasteiger partial charge in [-0.2, -0.15) is 0 Å². The van der Waals surface area contributed by atoms with Crippen LogP contribution < -0.4 is 0 Å². The number of carboxylic acids is 1. The number of hydrogen-bond acceptors (Lipinski definition) is 3. The second-order valence-electron chi connectivity index (χ2n) is 4.18. The van der Waals surface area contributed by atoms with E-state index in [4.69, 9.17) is 9.52 Å². The van der Waals surface area contributed by atoms with Gasteiger partial charge in [-0.1, -0.05) is 30.3 Å². The smallest absolute Gasteiger partial charge is 0.323 e. The molecule has 0 atom stereocenters. The fraction of sp³-hybridized carbons (Fsp3) is 0.143. The first-order valence-corrected chi connectivity index (χ1v) is 6.64. The van der Waals surface area contributed by atoms with E-state index in [1.54, 1.807) is 0 Å². The van der Waals surface area contributed by atoms with Crippen molar-refractivity contribution in [3.8, 4) is 0 Å². The third-order valence-corrected chi connectivity index (χ3v) is 3.06. The molecule has 5 nitrogen and oxygen atoms in total. The lowest BCUT2D eigenvalue weighted by molar-refractivity contribution is -0.137. The van der Waals surface area contributed by atoms with E-state index in [1.807, 2.05) is 30.3 Å². The van der Waals surface area contributed by atoms with Crippen molar-refractivity contribution in [3.63, 3.8) is 0 Å². The molecule has 1 heterocycles. The van der Waals surface area contributed by atoms with Crippen LogP contribution >= 0.6 is 15.9 Å². The van der Waals surface area contributed by atoms with Crippen molar-refractivity contribution in [1.82, 2.24) is 4.90 Å². The van der Waals surface area contributed by atoms with Crippen molar-refractivity contribution in [3.05, 3.63) is 58.5 Å². The third kappa shape index (κ3) is 3.71. The van der Waals surface area contributed by atoms with Crippen LogP contribution in [-0.2, 0) is 11.3 Å². The second-order valence-corrected chi connectivity index (χ2v) is 4.96. The molecule has 0 radical (unpaired) electrons. The molecule has 0 aliphatic carbocycles. The summed E-state index contributed by atoms with van der Waals surface area (Å²) in [6.07, 6.45) is 1.30. The number of rotatable bonds is 5. The predicted octanol–water partition coefficient (Wildman–Crippen LogP) is 2.77. The van der Waals surface area contributed by atoms with Crippen LogP contribution in [0.5, 0.6) is 0 Å². The van der Waals surface area contributed by atoms with Gasteiger partial charge >= 0.3 is 5.97 Å². The number of benzene rings is 1. The topological polar surface area (TPSA) is 70.8 Å². The summed E-state index contributed by atoms with van der Waals surface area (Å²) in [7, 11) is 0. The molecule has 6 heteroatoms. The number of carbonyl (C=O) groups excluding carboxylic acids is 1. The average Bonchev–Trinajstić information content (AvgIpc) is 2.84. The molecule has 2 aromatic rings. The van der Waals surface area contributed by atoms with E-state index < -0.39 is 5.97 Å². The van der Waals surface area contributed by atoms with Gasteiger partial charge in [0, 0.05) is 12.6 Å². The summed E-state index contributed by atoms with van der Waals surface area (Å²) in [4.78, 5) is 24.5. The molecule has 104 valence electrons. The van der Waals surface area contributed by atoms with Crippen LogP contribution in [0.15, 0.2) is 51.7 Å². The Morgan fingerprint density at radius 2 is 1.95 bits per heavy atom. The van der Waals surface area contributed by atoms with Gasteiger partial charge in [0.05, 0.1) is 5.56 Å². The van der Waals surface area contributed by atoms with Crippen molar-refractivity contribution < 1.29 is 19.1 Å². The fourth-order valence-electron chi connectivity index (χ4n) is 1.77. The van der Waals surface area contributed by atoms with E-state index in [1.165, 1.54) is 17.2 Å². The van der Waals surface area contributed by atoms with Crippen LogP contribution in [0.4, 0.5) is 0 Å². The number of hydrogen-bond donors (Lipinski definition) is 1. The maximum absolute atomic E-state index is 12.3. The van der Waals surface area contributed by atoms with Crippen molar-refractivity contribution >= 4 is 27.8 Å². The van der Waals surface area contributed by atoms with Crippen molar-refractivity contribution in [1.29, 1.82) is 0 Å². The molecule has 2 rings (SSSR count). The van der Waals surface area contributed by atoms with E-state index in [0.717, 1.165) is 5.56 Å². The Labute approximate surface area is 123 Å². The van der Waals surface area contributed by atoms with Crippen LogP contribution in [-0.4, -0.2) is 28.4 Å². The first-order valence-electron chi connectivity index (χ1n) is 5.85. The molecule has 1 aromatic heterocycles. The number of carbonyl (C=O) groups is 2. The molecular weight excluding hydrogens is 326 g/mol. The minimum atomic E-state index is -1.06. The highest BCUT2D eigenvalue weighted by Gasteiger charge is 2.20. The van der Waals surface area contributed by atoms with E-state index in [-0.39, 0.29) is 19.0 Å². The number of nitrogens with zero attached hydrogens (tertiary/aromatic N) is 1. The van der Waals surface area contributed by atoms with Crippen LogP contribution in [0.3, 0.4) is 0 Å². The summed E-state index contributed by atoms with van der Waals surface area (Å²) in [5.41, 5.74) is 1.18. The lowest BCUT2D eigenvalue weighted by Gasteiger charge is -2.20. The predicted molar refractivity (Wildman–Crippen MR) is 75.2 cm³/mol. The standard InChI is InChI=1S/C14H12BrNO4/c15-12-6-11(9-20-12)14(19)16(8-13(17)18)7-10-4-2-1-3-5-10/h1-6,9H,7-8H2,(H,17,18). The van der Waals surface area contributed by atoms with Gasteiger partial charge in [0.2, 0.25) is 0 Å². The molecule has 1 amide bonds. The van der Waals surface area contributed by atoms with Crippen LogP contribution in [0.1, 0.15) is 15.9 Å². The maximum Gasteiger partial charge on any atom is 0.323 e. The highest BCUT2D eigenvalue weighted by atomic mass is 79.9. The lowest BCUT2D eigenvalue weighted by Crippen LogP contribution is -2.35. The summed E-state index contributed by atoms with van der Waals surface area (Å²) in [6.45, 7) is -0.134. The van der Waals surface area contributed by atoms with Crippen LogP contribution in [0.2, 0.25) is 0 Å². The Morgan fingerprint density at radius 3 is 2.50 bits per heavy atom.